The van der Waals surface area contributed by atoms with Gasteiger partial charge in [0, 0.05) is 17.5 Å². The van der Waals surface area contributed by atoms with Crippen molar-refractivity contribution >= 4 is 122 Å². The number of alkyl carbamates (subject to hydrolysis) is 1. The summed E-state index contributed by atoms with van der Waals surface area (Å²) in [5, 5.41) is 47.2. The van der Waals surface area contributed by atoms with Crippen LogP contribution in [-0.4, -0.2) is 216 Å². The van der Waals surface area contributed by atoms with E-state index in [-0.39, 0.29) is 105 Å². The van der Waals surface area contributed by atoms with Crippen molar-refractivity contribution in [3.8, 4) is 0 Å². The number of amides is 17. The molecule has 746 valence electrons. The largest absolute Gasteiger partial charge is 0.444 e. The van der Waals surface area contributed by atoms with Crippen LogP contribution in [0.25, 0.3) is 0 Å². The lowest BCUT2D eigenvalue weighted by atomic mass is 9.95. The zero-order chi connectivity index (χ0) is 101. The van der Waals surface area contributed by atoms with Crippen LogP contribution < -0.4 is 90.4 Å². The van der Waals surface area contributed by atoms with Crippen LogP contribution in [0.15, 0.2) is 0 Å². The minimum Gasteiger partial charge on any atom is -0.444 e. The summed E-state index contributed by atoms with van der Waals surface area (Å²) in [7, 11) is 3.85. The second-order valence-corrected chi connectivity index (χ2v) is 46.6. The molecule has 1 aliphatic heterocycles. The van der Waals surface area contributed by atoms with Crippen molar-refractivity contribution in [2.24, 2.45) is 47.3 Å². The van der Waals surface area contributed by atoms with Gasteiger partial charge in [0.15, 0.2) is 0 Å². The monoisotopic (exact) mass is 1880 g/mol. The minimum atomic E-state index is -1.79. The Morgan fingerprint density at radius 3 is 0.615 bits per heavy atom. The van der Waals surface area contributed by atoms with Crippen LogP contribution in [0.3, 0.4) is 0 Å². The van der Waals surface area contributed by atoms with Crippen molar-refractivity contribution in [1.29, 1.82) is 0 Å². The molecule has 37 heteroatoms. The molecule has 0 saturated carbocycles. The molecule has 0 aliphatic carbocycles. The number of nitrogens with one attached hydrogen (secondary N) is 17. The number of ether oxygens (including phenoxy) is 1. The topological polar surface area (TPSA) is 504 Å². The lowest BCUT2D eigenvalue weighted by Crippen LogP contribution is -2.66. The zero-order valence-electron chi connectivity index (χ0n) is 85.1. The molecule has 9 atom stereocenters. The quantitative estimate of drug-likeness (QED) is 0.0205. The van der Waals surface area contributed by atoms with Gasteiger partial charge in [0.1, 0.15) is 98.2 Å². The first-order valence-corrected chi connectivity index (χ1v) is 48.8. The molecule has 0 radical (unpaired) electrons. The van der Waals surface area contributed by atoms with Gasteiger partial charge >= 0.3 is 6.09 Å². The number of hydrogen-bond donors (Lipinski definition) is 17. The highest BCUT2D eigenvalue weighted by molar-refractivity contribution is 8.77. The second-order valence-electron chi connectivity index (χ2n) is 43.8. The Labute approximate surface area is 783 Å². The van der Waals surface area contributed by atoms with Crippen molar-refractivity contribution < 1.29 is 86.2 Å². The van der Waals surface area contributed by atoms with E-state index in [1.165, 1.54) is 109 Å². The molecular weight excluding hydrogens is 1710 g/mol. The Morgan fingerprint density at radius 2 is 0.446 bits per heavy atom. The number of carbonyl (C=O) groups is 17. The van der Waals surface area contributed by atoms with Crippen LogP contribution in [0.5, 0.6) is 0 Å². The van der Waals surface area contributed by atoms with E-state index in [1.807, 2.05) is 77.0 Å². The molecule has 1 fully saturated rings. The Bertz CT molecular complexity index is 3840. The highest BCUT2D eigenvalue weighted by Crippen LogP contribution is 2.40. The van der Waals surface area contributed by atoms with E-state index < -0.39 is 193 Å². The van der Waals surface area contributed by atoms with Gasteiger partial charge in [-0.3, -0.25) is 76.7 Å². The van der Waals surface area contributed by atoms with Crippen LogP contribution >= 0.6 is 21.6 Å². The molecule has 17 amide bonds. The van der Waals surface area contributed by atoms with E-state index >= 15 is 0 Å². The van der Waals surface area contributed by atoms with Gasteiger partial charge in [-0.1, -0.05) is 145 Å². The molecule has 17 N–H and O–H groups in total. The first-order chi connectivity index (χ1) is 59.1. The van der Waals surface area contributed by atoms with Gasteiger partial charge in [-0.15, -0.1) is 0 Å². The Balaban J connectivity index is 3.35. The van der Waals surface area contributed by atoms with Crippen LogP contribution in [-0.2, 0) is 81.4 Å². The molecule has 0 aromatic heterocycles. The fraction of sp³-hybridized carbons (Fsp3) is 0.817. The standard InChI is InChI=1S/C93H169N17O18S2/c1-51(2)43-60(68(111)103-86(20,21)76(119)94-41-38-36-37-39-59-40-42-129-130-59)95-77(120)87(22,23)104-69(112)61(44-52(3)4)96-78(121)88(24,25)105-70(113)62(45-53(5)6)97-79(122)89(26,27)106-71(114)63(46-54(7)8)98-80(123)90(28,29)107-72(115)64(47-55(9)10)99-81(124)91(30,31)108-73(116)65(48-56(11)12)100-82(125)92(32,33)109-74(117)66(49-57(13)14)101-83(126)93(34,35)110-75(118)67(50-58(15)16)102-84(127)128-85(17,18)19/h51-67H,36-50H2,1-35H3,(H,94,119)(H,95,120)(H,96,121)(H,97,122)(H,98,123)(H,99,124)(H,100,125)(H,101,126)(H,102,127)(H,103,111)(H,104,112)(H,105,113)(H,106,114)(H,107,115)(H,108,116)(H,109,117)(H,110,118)/t59?,60-,61-,62-,63-,64-,65-,66-,67-/m0/s1. The predicted octanol–water partition coefficient (Wildman–Crippen LogP) is 7.63. The van der Waals surface area contributed by atoms with E-state index in [4.69, 9.17) is 4.74 Å². The van der Waals surface area contributed by atoms with E-state index in [1.54, 1.807) is 90.0 Å². The summed E-state index contributed by atoms with van der Waals surface area (Å²) in [4.78, 5) is 240. The molecular formula is C93H169N17O18S2. The molecule has 130 heavy (non-hydrogen) atoms. The van der Waals surface area contributed by atoms with E-state index in [0.29, 0.717) is 11.8 Å². The lowest BCUT2D eigenvalue weighted by molar-refractivity contribution is -0.140. The normalized spacial score (nSPS) is 15.6. The third kappa shape index (κ3) is 43.5. The highest BCUT2D eigenvalue weighted by Gasteiger charge is 2.46. The van der Waals surface area contributed by atoms with E-state index in [0.717, 1.165) is 25.7 Å². The fourth-order valence-electron chi connectivity index (χ4n) is 13.7. The van der Waals surface area contributed by atoms with Crippen molar-refractivity contribution in [3.63, 3.8) is 0 Å². The van der Waals surface area contributed by atoms with Crippen LogP contribution in [0.2, 0.25) is 0 Å². The van der Waals surface area contributed by atoms with Crippen LogP contribution in [0.4, 0.5) is 4.79 Å². The molecule has 0 aromatic rings. The summed E-state index contributed by atoms with van der Waals surface area (Å²) in [5.74, 6) is -12.1. The van der Waals surface area contributed by atoms with Gasteiger partial charge in [-0.05, 0) is 250 Å². The van der Waals surface area contributed by atoms with Gasteiger partial charge < -0.3 is 95.1 Å². The average molecular weight is 1880 g/mol. The third-order valence-electron chi connectivity index (χ3n) is 21.3. The molecule has 35 nitrogen and oxygen atoms in total. The lowest BCUT2D eigenvalue weighted by Gasteiger charge is -2.35. The predicted molar refractivity (Wildman–Crippen MR) is 510 cm³/mol. The summed E-state index contributed by atoms with van der Waals surface area (Å²) in [6.45, 7) is 57.6. The second kappa shape index (κ2) is 51.7. The average Bonchev–Trinajstić information content (AvgIpc) is 0.841. The SMILES string of the molecule is CC(C)C[C@H](NC(=O)OC(C)(C)C)C(=O)NC(C)(C)C(=O)N[C@@H](CC(C)C)C(=O)NC(C)(C)C(=O)N[C@@H](CC(C)C)C(=O)NC(C)(C)C(=O)N[C@@H](CC(C)C)C(=O)NC(C)(C)C(=O)N[C@@H](CC(C)C)C(=O)NC(C)(C)C(=O)N[C@@H](CC(C)C)C(=O)NC(C)(C)C(=O)N[C@@H](CC(C)C)C(=O)NC(C)(C)C(=O)N[C@@H](CC(C)C)C(=O)NC(C)(C)C(=O)NCCCCCC1CCSS1. The van der Waals surface area contributed by atoms with E-state index in [2.05, 4.69) is 90.4 Å². The molecule has 1 rings (SSSR count). The Kier molecular flexibility index (Phi) is 47.5. The summed E-state index contributed by atoms with van der Waals surface area (Å²) < 4.78 is 5.38. The third-order valence-corrected chi connectivity index (χ3v) is 24.3. The molecule has 0 aromatic carbocycles. The maximum absolute atomic E-state index is 14.5. The van der Waals surface area contributed by atoms with Crippen molar-refractivity contribution in [2.45, 2.75) is 429 Å². The molecule has 1 heterocycles. The van der Waals surface area contributed by atoms with Crippen molar-refractivity contribution in [2.75, 3.05) is 12.3 Å². The van der Waals surface area contributed by atoms with E-state index in [9.17, 15) is 81.5 Å². The molecule has 0 spiro atoms. The molecule has 0 bridgehead atoms. The van der Waals surface area contributed by atoms with Gasteiger partial charge in [-0.2, -0.15) is 0 Å². The van der Waals surface area contributed by atoms with Crippen LogP contribution in [0.1, 0.15) is 326 Å². The number of rotatable bonds is 54. The number of hydrogen-bond acceptors (Lipinski definition) is 20. The minimum absolute atomic E-state index is 0.0363. The first-order valence-electron chi connectivity index (χ1n) is 46.4. The summed E-state index contributed by atoms with van der Waals surface area (Å²) in [6.07, 6.45) is 5.14. The Hall–Kier alpha value is -8.51. The molecule has 1 aliphatic rings. The smallest absolute Gasteiger partial charge is 0.408 e. The maximum atomic E-state index is 14.5. The van der Waals surface area contributed by atoms with Crippen LogP contribution in [0, 0.1) is 47.3 Å². The number of carbonyl (C=O) groups excluding carboxylic acids is 17. The summed E-state index contributed by atoms with van der Waals surface area (Å²) in [6, 6.07) is -9.87. The molecule has 1 saturated heterocycles. The van der Waals surface area contributed by atoms with Gasteiger partial charge in [0.05, 0.1) is 0 Å². The summed E-state index contributed by atoms with van der Waals surface area (Å²) >= 11 is 0. The number of unbranched alkanes of at least 4 members (excludes halogenated alkanes) is 2. The van der Waals surface area contributed by atoms with Crippen molar-refractivity contribution in [1.82, 2.24) is 90.4 Å². The fourth-order valence-corrected chi connectivity index (χ4v) is 16.7. The van der Waals surface area contributed by atoms with Gasteiger partial charge in [-0.25, -0.2) is 4.79 Å². The summed E-state index contributed by atoms with van der Waals surface area (Å²) in [5.41, 5.74) is -14.3. The Morgan fingerprint density at radius 1 is 0.262 bits per heavy atom. The molecule has 1 unspecified atom stereocenters. The van der Waals surface area contributed by atoms with Crippen molar-refractivity contribution in [3.05, 3.63) is 0 Å². The van der Waals surface area contributed by atoms with Gasteiger partial charge in [0.2, 0.25) is 94.5 Å². The van der Waals surface area contributed by atoms with Gasteiger partial charge in [0.25, 0.3) is 0 Å². The highest BCUT2D eigenvalue weighted by atomic mass is 33.1. The zero-order valence-corrected chi connectivity index (χ0v) is 86.7. The first kappa shape index (κ1) is 119. The maximum Gasteiger partial charge on any atom is 0.408 e.